The number of thioether (sulfide) groups is 3. The highest BCUT2D eigenvalue weighted by Gasteiger charge is 2.48. The molecule has 12 aromatic rings. The van der Waals surface area contributed by atoms with Gasteiger partial charge in [0, 0.05) is 86.3 Å². The van der Waals surface area contributed by atoms with E-state index in [4.69, 9.17) is 44.1 Å². The molecule has 17 heteroatoms. The number of aromatic nitrogens is 9. The van der Waals surface area contributed by atoms with Crippen LogP contribution >= 0.6 is 47.7 Å². The Morgan fingerprint density at radius 1 is 0.364 bits per heavy atom. The third-order valence-electron chi connectivity index (χ3n) is 18.1. The molecule has 5 N–H and O–H groups in total. The summed E-state index contributed by atoms with van der Waals surface area (Å²) in [4.78, 5) is 44.7. The van der Waals surface area contributed by atoms with E-state index in [0.717, 1.165) is 183 Å². The van der Waals surface area contributed by atoms with Gasteiger partial charge in [0.15, 0.2) is 15.5 Å². The summed E-state index contributed by atoms with van der Waals surface area (Å²) in [7, 11) is 5.08. The molecule has 0 atom stereocenters. The zero-order valence-electron chi connectivity index (χ0n) is 60.5. The van der Waals surface area contributed by atoms with Crippen LogP contribution in [0, 0.1) is 57.8 Å². The summed E-state index contributed by atoms with van der Waals surface area (Å²) < 4.78 is 17.1. The van der Waals surface area contributed by atoms with Gasteiger partial charge < -0.3 is 34.9 Å². The molecular weight excluding hydrogens is 1300 g/mol. The lowest BCUT2D eigenvalue weighted by atomic mass is 9.65. The molecular formula is C82H93ClN10O3S3. The lowest BCUT2D eigenvalue weighted by Gasteiger charge is -2.43. The van der Waals surface area contributed by atoms with Gasteiger partial charge in [-0.2, -0.15) is 0 Å². The standard InChI is InChI=1S/C82H92N10O3S3.ClH/c1-46-19-25-52(26-20-46)70-58(43-96-76-87-61-34-31-55(93-16)37-64(61)90-76)49(4)84-67(40-79(7,8)9)73(70)82(83,74-68(41-80(10,11)12)85-50(5)59(71(74)53-27-21-47(2)22-28-53)44-97-77-88-62-35-32-56(94-17)38-65(62)91-77)75-69(42-81(13,14)15)86-51(6)60(72(75)54-29-23-48(3)24-30-54)45-98-78-89-63-36-33-57(95-18)39-66(63)92-78;/h19-39H,40-45,83H2,1-18H3,(H,87,90)(H,88,91)(H,89,92);1H. The van der Waals surface area contributed by atoms with Crippen molar-refractivity contribution in [3.05, 3.63) is 212 Å². The molecule has 99 heavy (non-hydrogen) atoms. The number of aryl methyl sites for hydroxylation is 6. The molecule has 0 unspecified atom stereocenters. The fourth-order valence-electron chi connectivity index (χ4n) is 13.5. The van der Waals surface area contributed by atoms with Crippen molar-refractivity contribution in [1.82, 2.24) is 44.9 Å². The number of benzene rings is 6. The molecule has 6 aromatic heterocycles. The molecule has 6 heterocycles. The maximum Gasteiger partial charge on any atom is 0.166 e. The summed E-state index contributed by atoms with van der Waals surface area (Å²) in [5.74, 6) is 3.80. The van der Waals surface area contributed by atoms with Crippen molar-refractivity contribution in [3.63, 3.8) is 0 Å². The maximum absolute atomic E-state index is 9.91. The smallest absolute Gasteiger partial charge is 0.166 e. The third kappa shape index (κ3) is 15.6. The summed E-state index contributed by atoms with van der Waals surface area (Å²) in [6, 6.07) is 45.1. The van der Waals surface area contributed by atoms with Gasteiger partial charge >= 0.3 is 0 Å². The Bertz CT molecular complexity index is 4450. The maximum atomic E-state index is 9.91. The van der Waals surface area contributed by atoms with Gasteiger partial charge in [-0.3, -0.25) is 15.0 Å². The van der Waals surface area contributed by atoms with Crippen LogP contribution in [-0.4, -0.2) is 66.2 Å². The number of fused-ring (bicyclic) bond motifs is 3. The number of nitrogens with two attached hydrogens (primary N) is 1. The summed E-state index contributed by atoms with van der Waals surface area (Å²) in [5.41, 5.74) is 33.7. The summed E-state index contributed by atoms with van der Waals surface area (Å²) in [6.45, 7) is 33.9. The van der Waals surface area contributed by atoms with Gasteiger partial charge in [-0.1, -0.05) is 187 Å². The van der Waals surface area contributed by atoms with E-state index in [0.29, 0.717) is 36.5 Å². The van der Waals surface area contributed by atoms with E-state index in [9.17, 15) is 5.73 Å². The number of pyridine rings is 3. The number of ether oxygens (including phenoxy) is 3. The van der Waals surface area contributed by atoms with E-state index < -0.39 is 5.54 Å². The number of hydrogen-bond acceptors (Lipinski definition) is 13. The van der Waals surface area contributed by atoms with Crippen LogP contribution in [0.15, 0.2) is 143 Å². The molecule has 514 valence electrons. The Morgan fingerprint density at radius 2 is 0.616 bits per heavy atom. The lowest BCUT2D eigenvalue weighted by Crippen LogP contribution is -2.46. The summed E-state index contributed by atoms with van der Waals surface area (Å²) in [5, 5.41) is 2.35. The largest absolute Gasteiger partial charge is 0.497 e. The highest BCUT2D eigenvalue weighted by atomic mass is 35.5. The molecule has 0 bridgehead atoms. The minimum absolute atomic E-state index is 0. The minimum atomic E-state index is -1.63. The van der Waals surface area contributed by atoms with Crippen LogP contribution in [0.4, 0.5) is 0 Å². The van der Waals surface area contributed by atoms with Gasteiger partial charge in [0.1, 0.15) is 17.2 Å². The normalized spacial score (nSPS) is 12.3. The van der Waals surface area contributed by atoms with E-state index in [1.165, 1.54) is 0 Å². The molecule has 0 radical (unpaired) electrons. The fraction of sp³-hybridized carbons (Fsp3) is 0.341. The molecule has 6 aromatic carbocycles. The van der Waals surface area contributed by atoms with Crippen LogP contribution in [-0.2, 0) is 42.1 Å². The summed E-state index contributed by atoms with van der Waals surface area (Å²) >= 11 is 5.00. The molecule has 0 aliphatic carbocycles. The SMILES string of the molecule is COc1ccc2nc(SCc3c(C)nc(CC(C)(C)C)c(C(N)(c4c(CC(C)(C)C)nc(C)c(CSc5nc6ccc(OC)cc6[nH]5)c4-c4ccc(C)cc4)c4c(CC(C)(C)C)nc(C)c(CSc5nc6ccc(OC)cc6[nH]5)c4-c4ccc(C)cc4)c3-c3ccc(C)cc3)[nH]c2c1.Cl. The van der Waals surface area contributed by atoms with Crippen LogP contribution < -0.4 is 19.9 Å². The van der Waals surface area contributed by atoms with E-state index in [1.54, 1.807) is 56.6 Å². The van der Waals surface area contributed by atoms with Gasteiger partial charge in [0.2, 0.25) is 0 Å². The van der Waals surface area contributed by atoms with Crippen molar-refractivity contribution in [2.45, 2.75) is 161 Å². The molecule has 0 spiro atoms. The fourth-order valence-corrected chi connectivity index (χ4v) is 16.4. The number of rotatable bonds is 21. The Hall–Kier alpha value is -8.12. The minimum Gasteiger partial charge on any atom is -0.497 e. The van der Waals surface area contributed by atoms with Crippen molar-refractivity contribution >= 4 is 80.8 Å². The van der Waals surface area contributed by atoms with Crippen LogP contribution in [0.2, 0.25) is 0 Å². The quantitative estimate of drug-likeness (QED) is 0.0500. The molecule has 0 saturated carbocycles. The van der Waals surface area contributed by atoms with Gasteiger partial charge in [-0.15, -0.1) is 12.4 Å². The Labute approximate surface area is 602 Å². The molecule has 0 amide bonds. The number of methoxy groups -OCH3 is 3. The van der Waals surface area contributed by atoms with Crippen LogP contribution in [0.3, 0.4) is 0 Å². The average molecular weight is 1400 g/mol. The number of hydrogen-bond donors (Lipinski definition) is 4. The van der Waals surface area contributed by atoms with E-state index >= 15 is 0 Å². The number of H-pyrrole nitrogens is 3. The number of aromatic amines is 3. The van der Waals surface area contributed by atoms with Crippen LogP contribution in [0.1, 0.15) is 147 Å². The van der Waals surface area contributed by atoms with Crippen molar-refractivity contribution in [2.75, 3.05) is 21.3 Å². The Kier molecular flexibility index (Phi) is 21.0. The van der Waals surface area contributed by atoms with Crippen LogP contribution in [0.25, 0.3) is 66.5 Å². The monoisotopic (exact) mass is 1400 g/mol. The van der Waals surface area contributed by atoms with Crippen molar-refractivity contribution in [1.29, 1.82) is 0 Å². The van der Waals surface area contributed by atoms with Gasteiger partial charge in [-0.05, 0) is 164 Å². The first-order valence-electron chi connectivity index (χ1n) is 33.6. The Morgan fingerprint density at radius 3 is 0.848 bits per heavy atom. The topological polar surface area (TPSA) is 178 Å². The number of imidazole rings is 3. The molecule has 0 saturated heterocycles. The number of nitrogens with zero attached hydrogens (tertiary/aromatic N) is 6. The molecule has 13 nitrogen and oxygen atoms in total. The second kappa shape index (κ2) is 28.8. The van der Waals surface area contributed by atoms with Gasteiger partial charge in [0.25, 0.3) is 0 Å². The number of halogens is 1. The van der Waals surface area contributed by atoms with Crippen LogP contribution in [0.5, 0.6) is 17.2 Å². The highest BCUT2D eigenvalue weighted by Crippen LogP contribution is 2.55. The van der Waals surface area contributed by atoms with Gasteiger partial charge in [-0.25, -0.2) is 15.0 Å². The second-order valence-electron chi connectivity index (χ2n) is 29.9. The first kappa shape index (κ1) is 72.1. The van der Waals surface area contributed by atoms with Crippen molar-refractivity contribution in [3.8, 4) is 50.6 Å². The highest BCUT2D eigenvalue weighted by molar-refractivity contribution is 7.98. The van der Waals surface area contributed by atoms with Gasteiger partial charge in [0.05, 0.1) is 60.0 Å². The van der Waals surface area contributed by atoms with E-state index in [2.05, 4.69) is 192 Å². The molecule has 0 aliphatic heterocycles. The van der Waals surface area contributed by atoms with E-state index in [-0.39, 0.29) is 28.7 Å². The predicted molar refractivity (Wildman–Crippen MR) is 415 cm³/mol. The molecule has 0 fully saturated rings. The average Bonchev–Trinajstić information content (AvgIpc) is 1.69. The first-order chi connectivity index (χ1) is 46.6. The lowest BCUT2D eigenvalue weighted by molar-refractivity contribution is 0.393. The number of nitrogens with one attached hydrogen (secondary N) is 3. The van der Waals surface area contributed by atoms with Crippen molar-refractivity contribution in [2.24, 2.45) is 22.0 Å². The zero-order chi connectivity index (χ0) is 69.8. The zero-order valence-corrected chi connectivity index (χ0v) is 63.8. The van der Waals surface area contributed by atoms with Crippen molar-refractivity contribution < 1.29 is 14.2 Å². The predicted octanol–water partition coefficient (Wildman–Crippen LogP) is 20.7. The Balaban J connectivity index is 0.00000990. The molecule has 0 aliphatic rings. The molecule has 12 rings (SSSR count). The third-order valence-corrected chi connectivity index (χ3v) is 20.8. The first-order valence-corrected chi connectivity index (χ1v) is 36.6. The second-order valence-corrected chi connectivity index (χ2v) is 32.8. The van der Waals surface area contributed by atoms with E-state index in [1.807, 2.05) is 54.6 Å². The summed E-state index contributed by atoms with van der Waals surface area (Å²) in [6.07, 6.45) is 1.75.